The lowest BCUT2D eigenvalue weighted by Gasteiger charge is -2.08. The van der Waals surface area contributed by atoms with Crippen molar-refractivity contribution in [2.45, 2.75) is 26.7 Å². The number of hydrogen-bond donors (Lipinski definition) is 3. The number of hydrogen-bond acceptors (Lipinski definition) is 6. The van der Waals surface area contributed by atoms with Crippen LogP contribution < -0.4 is 16.0 Å². The van der Waals surface area contributed by atoms with Gasteiger partial charge in [0, 0.05) is 25.7 Å². The first-order chi connectivity index (χ1) is 11.2. The summed E-state index contributed by atoms with van der Waals surface area (Å²) in [6.07, 6.45) is 3.21. The molecule has 7 nitrogen and oxygen atoms in total. The van der Waals surface area contributed by atoms with Crippen LogP contribution in [-0.4, -0.2) is 34.2 Å². The lowest BCUT2D eigenvalue weighted by atomic mass is 10.3. The molecule has 1 amide bonds. The Morgan fingerprint density at radius 3 is 2.43 bits per heavy atom. The molecule has 0 saturated carbocycles. The molecule has 0 bridgehead atoms. The van der Waals surface area contributed by atoms with Gasteiger partial charge in [-0.15, -0.1) is 10.2 Å². The number of nitrogens with one attached hydrogen (secondary N) is 3. The fourth-order valence-electron chi connectivity index (χ4n) is 1.87. The van der Waals surface area contributed by atoms with Crippen LogP contribution in [0.15, 0.2) is 30.5 Å². The SMILES string of the molecule is CCCC(=O)NCCNc1ccc(Nc2ccc(C)cn2)nn1. The molecule has 0 aromatic carbocycles. The lowest BCUT2D eigenvalue weighted by Crippen LogP contribution is -2.28. The molecule has 2 heterocycles. The van der Waals surface area contributed by atoms with Crippen molar-refractivity contribution < 1.29 is 4.79 Å². The Morgan fingerprint density at radius 2 is 1.78 bits per heavy atom. The monoisotopic (exact) mass is 314 g/mol. The highest BCUT2D eigenvalue weighted by Gasteiger charge is 2.00. The van der Waals surface area contributed by atoms with Crippen molar-refractivity contribution in [3.63, 3.8) is 0 Å². The molecule has 122 valence electrons. The number of carbonyl (C=O) groups is 1. The van der Waals surface area contributed by atoms with Crippen molar-refractivity contribution in [2.75, 3.05) is 23.7 Å². The molecule has 0 spiro atoms. The van der Waals surface area contributed by atoms with E-state index in [9.17, 15) is 4.79 Å². The summed E-state index contributed by atoms with van der Waals surface area (Å²) >= 11 is 0. The lowest BCUT2D eigenvalue weighted by molar-refractivity contribution is -0.121. The molecule has 0 radical (unpaired) electrons. The Labute approximate surface area is 135 Å². The van der Waals surface area contributed by atoms with Gasteiger partial charge in [-0.05, 0) is 37.1 Å². The smallest absolute Gasteiger partial charge is 0.220 e. The standard InChI is InChI=1S/C16H22N6O/c1-3-4-16(23)18-10-9-17-14-7-8-15(22-21-14)20-13-6-5-12(2)11-19-13/h5-8,11H,3-4,9-10H2,1-2H3,(H,17,21)(H,18,23)(H,19,20,22). The number of nitrogens with zero attached hydrogens (tertiary/aromatic N) is 3. The van der Waals surface area contributed by atoms with Crippen molar-refractivity contribution in [1.82, 2.24) is 20.5 Å². The molecule has 0 fully saturated rings. The average Bonchev–Trinajstić information content (AvgIpc) is 2.55. The van der Waals surface area contributed by atoms with E-state index in [1.165, 1.54) is 0 Å². The molecule has 0 aliphatic heterocycles. The second kappa shape index (κ2) is 8.67. The highest BCUT2D eigenvalue weighted by Crippen LogP contribution is 2.12. The summed E-state index contributed by atoms with van der Waals surface area (Å²) < 4.78 is 0. The summed E-state index contributed by atoms with van der Waals surface area (Å²) in [5.74, 6) is 2.09. The summed E-state index contributed by atoms with van der Waals surface area (Å²) in [5, 5.41) is 17.2. The average molecular weight is 314 g/mol. The highest BCUT2D eigenvalue weighted by atomic mass is 16.1. The Kier molecular flexibility index (Phi) is 6.28. The van der Waals surface area contributed by atoms with Gasteiger partial charge in [0.15, 0.2) is 5.82 Å². The van der Waals surface area contributed by atoms with Crippen LogP contribution in [-0.2, 0) is 4.79 Å². The Hall–Kier alpha value is -2.70. The molecule has 0 saturated heterocycles. The summed E-state index contributed by atoms with van der Waals surface area (Å²) in [6.45, 7) is 5.14. The van der Waals surface area contributed by atoms with Gasteiger partial charge in [-0.1, -0.05) is 13.0 Å². The molecule has 2 aromatic heterocycles. The van der Waals surface area contributed by atoms with E-state index < -0.39 is 0 Å². The van der Waals surface area contributed by atoms with Gasteiger partial charge in [0.2, 0.25) is 5.91 Å². The number of aromatic nitrogens is 3. The summed E-state index contributed by atoms with van der Waals surface area (Å²) in [6, 6.07) is 7.53. The number of pyridine rings is 1. The zero-order valence-electron chi connectivity index (χ0n) is 13.5. The molecular weight excluding hydrogens is 292 g/mol. The van der Waals surface area contributed by atoms with E-state index in [2.05, 4.69) is 31.1 Å². The fraction of sp³-hybridized carbons (Fsp3) is 0.375. The molecule has 23 heavy (non-hydrogen) atoms. The first-order valence-corrected chi connectivity index (χ1v) is 7.71. The maximum Gasteiger partial charge on any atom is 0.220 e. The van der Waals surface area contributed by atoms with Gasteiger partial charge in [-0.3, -0.25) is 4.79 Å². The maximum atomic E-state index is 11.3. The second-order valence-corrected chi connectivity index (χ2v) is 5.18. The third-order valence-electron chi connectivity index (χ3n) is 3.06. The summed E-state index contributed by atoms with van der Waals surface area (Å²) in [5.41, 5.74) is 1.10. The predicted octanol–water partition coefficient (Wildman–Crippen LogP) is 2.25. The number of anilines is 3. The van der Waals surface area contributed by atoms with Crippen LogP contribution in [0.2, 0.25) is 0 Å². The number of aryl methyl sites for hydroxylation is 1. The molecule has 3 N–H and O–H groups in total. The third kappa shape index (κ3) is 5.90. The van der Waals surface area contributed by atoms with Gasteiger partial charge in [-0.25, -0.2) is 4.98 Å². The fourth-order valence-corrected chi connectivity index (χ4v) is 1.87. The van der Waals surface area contributed by atoms with E-state index in [4.69, 9.17) is 0 Å². The van der Waals surface area contributed by atoms with Crippen LogP contribution in [0.5, 0.6) is 0 Å². The summed E-state index contributed by atoms with van der Waals surface area (Å²) in [4.78, 5) is 15.6. The van der Waals surface area contributed by atoms with E-state index in [1.54, 1.807) is 6.20 Å². The van der Waals surface area contributed by atoms with Crippen molar-refractivity contribution in [2.24, 2.45) is 0 Å². The zero-order valence-corrected chi connectivity index (χ0v) is 13.5. The minimum atomic E-state index is 0.0746. The van der Waals surface area contributed by atoms with Crippen LogP contribution in [0.3, 0.4) is 0 Å². The first kappa shape index (κ1) is 16.7. The van der Waals surface area contributed by atoms with Gasteiger partial charge in [0.05, 0.1) is 0 Å². The minimum Gasteiger partial charge on any atom is -0.367 e. The van der Waals surface area contributed by atoms with Crippen LogP contribution >= 0.6 is 0 Å². The number of carbonyl (C=O) groups excluding carboxylic acids is 1. The third-order valence-corrected chi connectivity index (χ3v) is 3.06. The predicted molar refractivity (Wildman–Crippen MR) is 90.7 cm³/mol. The first-order valence-electron chi connectivity index (χ1n) is 7.71. The largest absolute Gasteiger partial charge is 0.367 e. The molecule has 0 aliphatic rings. The Morgan fingerprint density at radius 1 is 1.04 bits per heavy atom. The number of amides is 1. The number of rotatable bonds is 8. The summed E-state index contributed by atoms with van der Waals surface area (Å²) in [7, 11) is 0. The Bertz CT molecular complexity index is 611. The van der Waals surface area contributed by atoms with E-state index in [-0.39, 0.29) is 5.91 Å². The van der Waals surface area contributed by atoms with Crippen molar-refractivity contribution in [1.29, 1.82) is 0 Å². The molecule has 7 heteroatoms. The van der Waals surface area contributed by atoms with Crippen LogP contribution in [0, 0.1) is 6.92 Å². The second-order valence-electron chi connectivity index (χ2n) is 5.18. The molecule has 0 aliphatic carbocycles. The minimum absolute atomic E-state index is 0.0746. The van der Waals surface area contributed by atoms with E-state index in [0.717, 1.165) is 17.8 Å². The quantitative estimate of drug-likeness (QED) is 0.647. The van der Waals surface area contributed by atoms with Gasteiger partial charge in [0.25, 0.3) is 0 Å². The van der Waals surface area contributed by atoms with E-state index in [1.807, 2.05) is 38.1 Å². The van der Waals surface area contributed by atoms with Crippen molar-refractivity contribution in [3.05, 3.63) is 36.0 Å². The van der Waals surface area contributed by atoms with Crippen molar-refractivity contribution in [3.8, 4) is 0 Å². The normalized spacial score (nSPS) is 10.2. The van der Waals surface area contributed by atoms with E-state index >= 15 is 0 Å². The molecule has 2 aromatic rings. The van der Waals surface area contributed by atoms with Gasteiger partial charge >= 0.3 is 0 Å². The highest BCUT2D eigenvalue weighted by molar-refractivity contribution is 5.75. The zero-order chi connectivity index (χ0) is 16.5. The molecule has 2 rings (SSSR count). The van der Waals surface area contributed by atoms with E-state index in [0.29, 0.717) is 31.1 Å². The van der Waals surface area contributed by atoms with Crippen molar-refractivity contribution >= 4 is 23.4 Å². The van der Waals surface area contributed by atoms with Crippen LogP contribution in [0.4, 0.5) is 17.5 Å². The van der Waals surface area contributed by atoms with Gasteiger partial charge in [-0.2, -0.15) is 0 Å². The topological polar surface area (TPSA) is 91.8 Å². The molecule has 0 unspecified atom stereocenters. The van der Waals surface area contributed by atoms with Gasteiger partial charge in [0.1, 0.15) is 11.6 Å². The Balaban J connectivity index is 1.76. The maximum absolute atomic E-state index is 11.3. The molecular formula is C16H22N6O. The van der Waals surface area contributed by atoms with Crippen LogP contribution in [0.25, 0.3) is 0 Å². The van der Waals surface area contributed by atoms with Crippen LogP contribution in [0.1, 0.15) is 25.3 Å². The van der Waals surface area contributed by atoms with Gasteiger partial charge < -0.3 is 16.0 Å². The molecule has 0 atom stereocenters.